The summed E-state index contributed by atoms with van der Waals surface area (Å²) in [5.41, 5.74) is 2.21. The summed E-state index contributed by atoms with van der Waals surface area (Å²) in [5.74, 6) is 1.64. The van der Waals surface area contributed by atoms with E-state index in [1.807, 2.05) is 35.7 Å². The second kappa shape index (κ2) is 5.64. The van der Waals surface area contributed by atoms with E-state index in [0.717, 1.165) is 18.6 Å². The molecule has 0 saturated heterocycles. The number of methoxy groups -OCH3 is 1. The van der Waals surface area contributed by atoms with Gasteiger partial charge in [-0.1, -0.05) is 18.2 Å². The highest BCUT2D eigenvalue weighted by atomic mass is 32.2. The summed E-state index contributed by atoms with van der Waals surface area (Å²) in [4.78, 5) is 12.7. The molecule has 2 atom stereocenters. The van der Waals surface area contributed by atoms with Crippen LogP contribution >= 0.6 is 23.5 Å². The van der Waals surface area contributed by atoms with E-state index in [1.54, 1.807) is 7.11 Å². The maximum atomic E-state index is 12.7. The van der Waals surface area contributed by atoms with Crippen molar-refractivity contribution in [3.63, 3.8) is 0 Å². The van der Waals surface area contributed by atoms with Crippen molar-refractivity contribution in [3.8, 4) is 5.75 Å². The topological polar surface area (TPSA) is 26.3 Å². The molecule has 2 aliphatic carbocycles. The Bertz CT molecular complexity index is 616. The van der Waals surface area contributed by atoms with Crippen LogP contribution in [-0.4, -0.2) is 29.5 Å². The Morgan fingerprint density at radius 2 is 1.82 bits per heavy atom. The fourth-order valence-electron chi connectivity index (χ4n) is 4.09. The van der Waals surface area contributed by atoms with Gasteiger partial charge in [0.1, 0.15) is 11.5 Å². The first-order valence-corrected chi connectivity index (χ1v) is 9.98. The van der Waals surface area contributed by atoms with E-state index in [9.17, 15) is 4.79 Å². The predicted octanol–water partition coefficient (Wildman–Crippen LogP) is 4.50. The molecule has 0 aliphatic heterocycles. The molecule has 2 aliphatic rings. The molecule has 3 rings (SSSR count). The average molecular weight is 335 g/mol. The number of ketones is 1. The molecule has 1 aromatic rings. The number of hydrogen-bond acceptors (Lipinski definition) is 4. The SMILES string of the molecule is COc1ccc(C2=C[C@@H]3CCC(=O)[C@]3(C)C2(SC)SC)cc1. The molecule has 0 heterocycles. The number of fused-ring (bicyclic) bond motifs is 1. The molecule has 0 amide bonds. The molecule has 0 bridgehead atoms. The number of hydrogen-bond donors (Lipinski definition) is 0. The lowest BCUT2D eigenvalue weighted by Gasteiger charge is -2.42. The Morgan fingerprint density at radius 1 is 1.18 bits per heavy atom. The Labute approximate surface area is 141 Å². The van der Waals surface area contributed by atoms with Crippen LogP contribution in [0.1, 0.15) is 25.3 Å². The third-order valence-corrected chi connectivity index (χ3v) is 8.82. The van der Waals surface area contributed by atoms with Crippen LogP contribution in [0.2, 0.25) is 0 Å². The maximum Gasteiger partial charge on any atom is 0.141 e. The molecule has 0 N–H and O–H groups in total. The van der Waals surface area contributed by atoms with Crippen LogP contribution in [0.25, 0.3) is 5.57 Å². The highest BCUT2D eigenvalue weighted by Crippen LogP contribution is 2.67. The maximum absolute atomic E-state index is 12.7. The number of rotatable bonds is 4. The molecule has 0 radical (unpaired) electrons. The summed E-state index contributed by atoms with van der Waals surface area (Å²) >= 11 is 3.63. The molecular formula is C18H22O2S2. The molecular weight excluding hydrogens is 312 g/mol. The second-order valence-corrected chi connectivity index (χ2v) is 8.40. The van der Waals surface area contributed by atoms with Gasteiger partial charge in [-0.3, -0.25) is 4.79 Å². The molecule has 1 saturated carbocycles. The van der Waals surface area contributed by atoms with Crippen LogP contribution in [-0.2, 0) is 4.79 Å². The van der Waals surface area contributed by atoms with Crippen molar-refractivity contribution in [2.24, 2.45) is 11.3 Å². The van der Waals surface area contributed by atoms with Crippen molar-refractivity contribution in [1.29, 1.82) is 0 Å². The molecule has 1 fully saturated rings. The van der Waals surface area contributed by atoms with Crippen LogP contribution in [0.5, 0.6) is 5.75 Å². The van der Waals surface area contributed by atoms with E-state index in [-0.39, 0.29) is 9.49 Å². The third-order valence-electron chi connectivity index (χ3n) is 5.39. The number of Topliss-reactive ketones (excluding diaryl/α,β-unsaturated/α-hetero) is 1. The molecule has 2 nitrogen and oxygen atoms in total. The highest BCUT2D eigenvalue weighted by molar-refractivity contribution is 8.18. The Kier molecular flexibility index (Phi) is 4.11. The van der Waals surface area contributed by atoms with Crippen LogP contribution < -0.4 is 4.74 Å². The Balaban J connectivity index is 2.11. The van der Waals surface area contributed by atoms with E-state index in [2.05, 4.69) is 37.6 Å². The van der Waals surface area contributed by atoms with E-state index in [1.165, 1.54) is 11.1 Å². The van der Waals surface area contributed by atoms with Gasteiger partial charge in [-0.2, -0.15) is 0 Å². The van der Waals surface area contributed by atoms with E-state index in [0.29, 0.717) is 11.7 Å². The molecule has 0 unspecified atom stereocenters. The predicted molar refractivity (Wildman–Crippen MR) is 96.6 cm³/mol. The minimum Gasteiger partial charge on any atom is -0.497 e. The lowest BCUT2D eigenvalue weighted by Crippen LogP contribution is -2.44. The zero-order valence-corrected chi connectivity index (χ0v) is 15.1. The molecule has 1 aromatic carbocycles. The Hall–Kier alpha value is -0.870. The van der Waals surface area contributed by atoms with Gasteiger partial charge in [0, 0.05) is 6.42 Å². The van der Waals surface area contributed by atoms with Gasteiger partial charge < -0.3 is 4.74 Å². The van der Waals surface area contributed by atoms with Crippen molar-refractivity contribution in [1.82, 2.24) is 0 Å². The molecule has 4 heteroatoms. The smallest absolute Gasteiger partial charge is 0.141 e. The number of benzene rings is 1. The minimum absolute atomic E-state index is 0.195. The van der Waals surface area contributed by atoms with E-state index in [4.69, 9.17) is 4.74 Å². The Morgan fingerprint density at radius 3 is 2.36 bits per heavy atom. The minimum atomic E-state index is -0.291. The monoisotopic (exact) mass is 334 g/mol. The summed E-state index contributed by atoms with van der Waals surface area (Å²) in [6, 6.07) is 8.22. The third kappa shape index (κ3) is 1.93. The lowest BCUT2D eigenvalue weighted by atomic mass is 9.79. The summed E-state index contributed by atoms with van der Waals surface area (Å²) < 4.78 is 5.07. The molecule has 22 heavy (non-hydrogen) atoms. The summed E-state index contributed by atoms with van der Waals surface area (Å²) in [7, 11) is 1.68. The van der Waals surface area contributed by atoms with Gasteiger partial charge in [-0.05, 0) is 55.0 Å². The quantitative estimate of drug-likeness (QED) is 0.757. The zero-order chi connectivity index (χ0) is 16.0. The normalized spacial score (nSPS) is 29.4. The van der Waals surface area contributed by atoms with Crippen LogP contribution in [0, 0.1) is 11.3 Å². The van der Waals surface area contributed by atoms with Crippen molar-refractivity contribution in [2.45, 2.75) is 23.8 Å². The van der Waals surface area contributed by atoms with E-state index < -0.39 is 0 Å². The number of thioether (sulfide) groups is 2. The molecule has 0 spiro atoms. The van der Waals surface area contributed by atoms with Gasteiger partial charge in [-0.25, -0.2) is 0 Å². The van der Waals surface area contributed by atoms with Gasteiger partial charge in [0.2, 0.25) is 0 Å². The fourth-order valence-corrected chi connectivity index (χ4v) is 6.95. The van der Waals surface area contributed by atoms with Gasteiger partial charge in [0.25, 0.3) is 0 Å². The summed E-state index contributed by atoms with van der Waals surface area (Å²) in [5, 5.41) is 0. The van der Waals surface area contributed by atoms with Gasteiger partial charge in [-0.15, -0.1) is 23.5 Å². The van der Waals surface area contributed by atoms with E-state index >= 15 is 0 Å². The van der Waals surface area contributed by atoms with Crippen LogP contribution in [0.15, 0.2) is 30.3 Å². The lowest BCUT2D eigenvalue weighted by molar-refractivity contribution is -0.125. The molecule has 118 valence electrons. The number of carbonyl (C=O) groups is 1. The molecule has 0 aromatic heterocycles. The highest BCUT2D eigenvalue weighted by Gasteiger charge is 2.64. The van der Waals surface area contributed by atoms with Crippen LogP contribution in [0.4, 0.5) is 0 Å². The van der Waals surface area contributed by atoms with Gasteiger partial charge in [0.15, 0.2) is 0 Å². The summed E-state index contributed by atoms with van der Waals surface area (Å²) in [6.07, 6.45) is 8.33. The van der Waals surface area contributed by atoms with Gasteiger partial charge in [0.05, 0.1) is 16.6 Å². The van der Waals surface area contributed by atoms with Crippen molar-refractivity contribution >= 4 is 34.9 Å². The van der Waals surface area contributed by atoms with Gasteiger partial charge >= 0.3 is 0 Å². The van der Waals surface area contributed by atoms with Crippen molar-refractivity contribution < 1.29 is 9.53 Å². The first-order valence-electron chi connectivity index (χ1n) is 7.54. The van der Waals surface area contributed by atoms with Crippen LogP contribution in [0.3, 0.4) is 0 Å². The first-order chi connectivity index (χ1) is 10.5. The standard InChI is InChI=1S/C18H22O2S2/c1-17-13(7-10-16(17)19)11-15(18(17,21-3)22-4)12-5-8-14(20-2)9-6-12/h5-6,8-9,11,13H,7,10H2,1-4H3/t13-,17+/m0/s1. The summed E-state index contributed by atoms with van der Waals surface area (Å²) in [6.45, 7) is 2.17. The zero-order valence-electron chi connectivity index (χ0n) is 13.5. The number of ether oxygens (including phenoxy) is 1. The number of carbonyl (C=O) groups excluding carboxylic acids is 1. The largest absolute Gasteiger partial charge is 0.497 e. The second-order valence-electron chi connectivity index (χ2n) is 6.10. The average Bonchev–Trinajstić information content (AvgIpc) is 2.98. The van der Waals surface area contributed by atoms with Crippen molar-refractivity contribution in [2.75, 3.05) is 19.6 Å². The van der Waals surface area contributed by atoms with Crippen molar-refractivity contribution in [3.05, 3.63) is 35.9 Å². The number of allylic oxidation sites excluding steroid dienone is 1. The first kappa shape index (κ1) is 16.0. The fraction of sp³-hybridized carbons (Fsp3) is 0.500.